The highest BCUT2D eigenvalue weighted by Crippen LogP contribution is 2.25. The molecule has 2 rings (SSSR count). The maximum absolute atomic E-state index is 12.5. The summed E-state index contributed by atoms with van der Waals surface area (Å²) in [6.45, 7) is 4.04. The predicted octanol–water partition coefficient (Wildman–Crippen LogP) is 3.15. The van der Waals surface area contributed by atoms with Crippen LogP contribution in [0.5, 0.6) is 0 Å². The van der Waals surface area contributed by atoms with E-state index in [1.807, 2.05) is 17.5 Å². The molecule has 2 aromatic rings. The number of allylic oxidation sites excluding steroid dienone is 1. The van der Waals surface area contributed by atoms with Crippen LogP contribution in [-0.2, 0) is 26.6 Å². The molecule has 0 spiro atoms. The van der Waals surface area contributed by atoms with Crippen LogP contribution in [0.3, 0.4) is 0 Å². The number of nitrogens with zero attached hydrogens (tertiary/aromatic N) is 1. The first-order chi connectivity index (χ1) is 11.8. The normalized spacial score (nSPS) is 12.0. The number of hydrogen-bond acceptors (Lipinski definition) is 5. The van der Waals surface area contributed by atoms with E-state index in [1.165, 1.54) is 12.1 Å². The summed E-state index contributed by atoms with van der Waals surface area (Å²) < 4.78 is 24.0. The number of benzene rings is 1. The third-order valence-corrected chi connectivity index (χ3v) is 6.10. The molecule has 25 heavy (non-hydrogen) atoms. The summed E-state index contributed by atoms with van der Waals surface area (Å²) in [6, 6.07) is 11.7. The van der Waals surface area contributed by atoms with Crippen molar-refractivity contribution in [2.24, 2.45) is 0 Å². The van der Waals surface area contributed by atoms with Gasteiger partial charge in [0.2, 0.25) is 15.7 Å². The van der Waals surface area contributed by atoms with Gasteiger partial charge >= 0.3 is 0 Å². The summed E-state index contributed by atoms with van der Waals surface area (Å²) in [4.78, 5) is 13.7. The van der Waals surface area contributed by atoms with E-state index in [2.05, 4.69) is 5.32 Å². The first-order valence-corrected chi connectivity index (χ1v) is 9.92. The number of nitrogens with one attached hydrogen (secondary N) is 1. The Kier molecular flexibility index (Phi) is 5.77. The Morgan fingerprint density at radius 1 is 1.28 bits per heavy atom. The zero-order chi connectivity index (χ0) is 18.5. The van der Waals surface area contributed by atoms with Crippen molar-refractivity contribution in [3.63, 3.8) is 0 Å². The second-order valence-electron chi connectivity index (χ2n) is 5.89. The van der Waals surface area contributed by atoms with Gasteiger partial charge in [-0.05, 0) is 43.0 Å². The second-order valence-corrected chi connectivity index (χ2v) is 8.75. The molecule has 130 valence electrons. The van der Waals surface area contributed by atoms with Gasteiger partial charge in [0.15, 0.2) is 0 Å². The lowest BCUT2D eigenvalue weighted by atomic mass is 9.84. The van der Waals surface area contributed by atoms with Crippen LogP contribution < -0.4 is 5.32 Å². The van der Waals surface area contributed by atoms with Crippen LogP contribution in [0.2, 0.25) is 0 Å². The van der Waals surface area contributed by atoms with Gasteiger partial charge in [0, 0.05) is 16.4 Å². The number of carbonyl (C=O) groups excluding carboxylic acids is 1. The van der Waals surface area contributed by atoms with Crippen LogP contribution in [-0.4, -0.2) is 14.3 Å². The SMILES string of the molecule is CC(C)(C(=O)NCc1cccs1)c1ccc(S(=O)(=O)C=CC#N)cc1. The van der Waals surface area contributed by atoms with Crippen molar-refractivity contribution in [1.82, 2.24) is 5.32 Å². The topological polar surface area (TPSA) is 87.0 Å². The van der Waals surface area contributed by atoms with Gasteiger partial charge in [-0.25, -0.2) is 8.42 Å². The molecule has 1 N–H and O–H groups in total. The van der Waals surface area contributed by atoms with Gasteiger partial charge in [-0.1, -0.05) is 18.2 Å². The van der Waals surface area contributed by atoms with Gasteiger partial charge in [-0.3, -0.25) is 4.79 Å². The van der Waals surface area contributed by atoms with E-state index >= 15 is 0 Å². The molecule has 1 aromatic heterocycles. The molecule has 1 aromatic carbocycles. The third kappa shape index (κ3) is 4.56. The molecule has 5 nitrogen and oxygen atoms in total. The fourth-order valence-electron chi connectivity index (χ4n) is 2.19. The van der Waals surface area contributed by atoms with Crippen LogP contribution in [0.15, 0.2) is 58.2 Å². The minimum absolute atomic E-state index is 0.0811. The summed E-state index contributed by atoms with van der Waals surface area (Å²) in [5.74, 6) is -0.138. The van der Waals surface area contributed by atoms with Gasteiger partial charge in [0.25, 0.3) is 0 Å². The Hall–Kier alpha value is -2.43. The molecule has 7 heteroatoms. The van der Waals surface area contributed by atoms with Gasteiger partial charge < -0.3 is 5.32 Å². The Balaban J connectivity index is 2.15. The molecule has 0 saturated heterocycles. The van der Waals surface area contributed by atoms with E-state index in [-0.39, 0.29) is 10.8 Å². The molecule has 0 fully saturated rings. The molecule has 0 saturated carbocycles. The summed E-state index contributed by atoms with van der Waals surface area (Å²) in [5.41, 5.74) is -0.0958. The molecule has 0 unspecified atom stereocenters. The number of nitriles is 1. The third-order valence-electron chi connectivity index (χ3n) is 3.80. The van der Waals surface area contributed by atoms with Gasteiger partial charge in [-0.15, -0.1) is 11.3 Å². The molecule has 0 atom stereocenters. The average Bonchev–Trinajstić information content (AvgIpc) is 3.11. The van der Waals surface area contributed by atoms with Crippen molar-refractivity contribution >= 4 is 27.1 Å². The molecular formula is C18H18N2O3S2. The van der Waals surface area contributed by atoms with E-state index in [1.54, 1.807) is 43.4 Å². The van der Waals surface area contributed by atoms with Crippen molar-refractivity contribution in [3.05, 3.63) is 63.7 Å². The highest BCUT2D eigenvalue weighted by atomic mass is 32.2. The first-order valence-electron chi connectivity index (χ1n) is 7.50. The van der Waals surface area contributed by atoms with Gasteiger partial charge in [-0.2, -0.15) is 5.26 Å². The molecule has 0 aliphatic heterocycles. The molecule has 0 aliphatic rings. The maximum atomic E-state index is 12.5. The standard InChI is InChI=1S/C18H18N2O3S2/c1-18(2,17(21)20-13-15-5-3-11-24-15)14-6-8-16(9-7-14)25(22,23)12-4-10-19/h3-9,11-12H,13H2,1-2H3,(H,20,21). The second kappa shape index (κ2) is 7.64. The number of carbonyl (C=O) groups is 1. The largest absolute Gasteiger partial charge is 0.350 e. The summed E-state index contributed by atoms with van der Waals surface area (Å²) in [7, 11) is -3.65. The highest BCUT2D eigenvalue weighted by Gasteiger charge is 2.29. The molecule has 1 amide bonds. The Morgan fingerprint density at radius 2 is 1.96 bits per heavy atom. The average molecular weight is 374 g/mol. The molecule has 0 bridgehead atoms. The predicted molar refractivity (Wildman–Crippen MR) is 97.6 cm³/mol. The summed E-state index contributed by atoms with van der Waals surface area (Å²) >= 11 is 1.57. The molecule has 0 aliphatic carbocycles. The minimum atomic E-state index is -3.65. The van der Waals surface area contributed by atoms with Crippen molar-refractivity contribution in [2.45, 2.75) is 30.7 Å². The number of amides is 1. The Labute approximate surface area is 151 Å². The quantitative estimate of drug-likeness (QED) is 0.787. The van der Waals surface area contributed by atoms with E-state index in [0.29, 0.717) is 12.1 Å². The van der Waals surface area contributed by atoms with Crippen molar-refractivity contribution in [1.29, 1.82) is 5.26 Å². The zero-order valence-electron chi connectivity index (χ0n) is 13.9. The number of rotatable bonds is 6. The lowest BCUT2D eigenvalue weighted by Gasteiger charge is -2.24. The maximum Gasteiger partial charge on any atom is 0.230 e. The zero-order valence-corrected chi connectivity index (χ0v) is 15.5. The molecule has 0 radical (unpaired) electrons. The first kappa shape index (κ1) is 18.9. The van der Waals surface area contributed by atoms with Crippen LogP contribution in [0.1, 0.15) is 24.3 Å². The summed E-state index contributed by atoms with van der Waals surface area (Å²) in [5, 5.41) is 14.2. The highest BCUT2D eigenvalue weighted by molar-refractivity contribution is 7.94. The van der Waals surface area contributed by atoms with Gasteiger partial charge in [0.05, 0.1) is 22.9 Å². The van der Waals surface area contributed by atoms with Crippen LogP contribution >= 0.6 is 11.3 Å². The number of hydrogen-bond donors (Lipinski definition) is 1. The Morgan fingerprint density at radius 3 is 2.52 bits per heavy atom. The van der Waals surface area contributed by atoms with Crippen molar-refractivity contribution in [3.8, 4) is 6.07 Å². The van der Waals surface area contributed by atoms with E-state index in [0.717, 1.165) is 16.4 Å². The smallest absolute Gasteiger partial charge is 0.230 e. The fourth-order valence-corrected chi connectivity index (χ4v) is 3.75. The lowest BCUT2D eigenvalue weighted by Crippen LogP contribution is -2.39. The van der Waals surface area contributed by atoms with E-state index in [9.17, 15) is 13.2 Å². The molecular weight excluding hydrogens is 356 g/mol. The van der Waals surface area contributed by atoms with Crippen LogP contribution in [0.25, 0.3) is 0 Å². The number of sulfone groups is 1. The summed E-state index contributed by atoms with van der Waals surface area (Å²) in [6.07, 6.45) is 0.922. The Bertz CT molecular complexity index is 904. The van der Waals surface area contributed by atoms with E-state index in [4.69, 9.17) is 5.26 Å². The fraction of sp³-hybridized carbons (Fsp3) is 0.222. The minimum Gasteiger partial charge on any atom is -0.350 e. The van der Waals surface area contributed by atoms with Crippen molar-refractivity contribution in [2.75, 3.05) is 0 Å². The van der Waals surface area contributed by atoms with E-state index < -0.39 is 15.3 Å². The monoisotopic (exact) mass is 374 g/mol. The van der Waals surface area contributed by atoms with Crippen LogP contribution in [0.4, 0.5) is 0 Å². The molecule has 1 heterocycles. The van der Waals surface area contributed by atoms with Crippen molar-refractivity contribution < 1.29 is 13.2 Å². The number of thiophene rings is 1. The lowest BCUT2D eigenvalue weighted by molar-refractivity contribution is -0.125. The van der Waals surface area contributed by atoms with Crippen LogP contribution in [0, 0.1) is 11.3 Å². The van der Waals surface area contributed by atoms with Gasteiger partial charge in [0.1, 0.15) is 0 Å².